The highest BCUT2D eigenvalue weighted by atomic mass is 16.5. The Hall–Kier alpha value is -1.06. The monoisotopic (exact) mass is 221 g/mol. The second-order valence-corrected chi connectivity index (χ2v) is 4.51. The highest BCUT2D eigenvalue weighted by Gasteiger charge is 2.18. The quantitative estimate of drug-likeness (QED) is 0.822. The Labute approximate surface area is 96.2 Å². The van der Waals surface area contributed by atoms with Crippen molar-refractivity contribution in [3.05, 3.63) is 29.8 Å². The Morgan fingerprint density at radius 2 is 1.75 bits per heavy atom. The summed E-state index contributed by atoms with van der Waals surface area (Å²) in [5.74, 6) is 0.299. The van der Waals surface area contributed by atoms with Gasteiger partial charge in [0.15, 0.2) is 0 Å². The zero-order valence-electron chi connectivity index (χ0n) is 9.43. The predicted octanol–water partition coefficient (Wildman–Crippen LogP) is 2.18. The van der Waals surface area contributed by atoms with Crippen molar-refractivity contribution in [1.29, 1.82) is 0 Å². The van der Waals surface area contributed by atoms with Crippen LogP contribution in [0, 0.1) is 0 Å². The second kappa shape index (κ2) is 5.32. The lowest BCUT2D eigenvalue weighted by Gasteiger charge is -2.26. The fourth-order valence-electron chi connectivity index (χ4n) is 2.06. The molecule has 1 aliphatic carbocycles. The molecule has 0 saturated heterocycles. The number of benzene rings is 1. The molecule has 1 fully saturated rings. The number of nitrogens with two attached hydrogens (primary N) is 1. The standard InChI is InChI=1S/C13H19NO2/c14-11-3-7-13(8-4-11)16-9-10-1-5-12(15)6-2-10/h1-2,5-6,11,13,15H,3-4,7-9,14H2. The topological polar surface area (TPSA) is 55.5 Å². The van der Waals surface area contributed by atoms with Crippen molar-refractivity contribution in [3.8, 4) is 5.75 Å². The van der Waals surface area contributed by atoms with E-state index in [-0.39, 0.29) is 0 Å². The van der Waals surface area contributed by atoms with Crippen molar-refractivity contribution in [2.24, 2.45) is 5.73 Å². The Morgan fingerprint density at radius 1 is 1.12 bits per heavy atom. The van der Waals surface area contributed by atoms with E-state index in [1.165, 1.54) is 0 Å². The molecule has 0 amide bonds. The molecule has 0 aromatic heterocycles. The minimum absolute atomic E-state index is 0.299. The van der Waals surface area contributed by atoms with Gasteiger partial charge in [-0.25, -0.2) is 0 Å². The summed E-state index contributed by atoms with van der Waals surface area (Å²) in [5.41, 5.74) is 6.94. The van der Waals surface area contributed by atoms with Crippen LogP contribution < -0.4 is 5.73 Å². The number of rotatable bonds is 3. The Kier molecular flexibility index (Phi) is 3.80. The number of hydrogen-bond donors (Lipinski definition) is 2. The average molecular weight is 221 g/mol. The van der Waals surface area contributed by atoms with Gasteiger partial charge in [-0.3, -0.25) is 0 Å². The van der Waals surface area contributed by atoms with Gasteiger partial charge in [0, 0.05) is 6.04 Å². The first-order valence-corrected chi connectivity index (χ1v) is 5.89. The van der Waals surface area contributed by atoms with Gasteiger partial charge in [0.1, 0.15) is 5.75 Å². The van der Waals surface area contributed by atoms with Gasteiger partial charge in [-0.15, -0.1) is 0 Å². The number of ether oxygens (including phenoxy) is 1. The van der Waals surface area contributed by atoms with Gasteiger partial charge in [-0.05, 0) is 43.4 Å². The highest BCUT2D eigenvalue weighted by molar-refractivity contribution is 5.25. The van der Waals surface area contributed by atoms with Crippen molar-refractivity contribution >= 4 is 0 Å². The fourth-order valence-corrected chi connectivity index (χ4v) is 2.06. The van der Waals surface area contributed by atoms with Gasteiger partial charge in [0.05, 0.1) is 12.7 Å². The zero-order valence-corrected chi connectivity index (χ0v) is 9.43. The van der Waals surface area contributed by atoms with E-state index < -0.39 is 0 Å². The van der Waals surface area contributed by atoms with E-state index in [0.717, 1.165) is 31.2 Å². The van der Waals surface area contributed by atoms with Crippen molar-refractivity contribution in [2.45, 2.75) is 44.4 Å². The molecule has 1 saturated carbocycles. The second-order valence-electron chi connectivity index (χ2n) is 4.51. The molecule has 1 aromatic rings. The third-order valence-electron chi connectivity index (χ3n) is 3.14. The van der Waals surface area contributed by atoms with Crippen LogP contribution in [0.15, 0.2) is 24.3 Å². The SMILES string of the molecule is NC1CCC(OCc2ccc(O)cc2)CC1. The summed E-state index contributed by atoms with van der Waals surface area (Å²) in [6.07, 6.45) is 4.63. The van der Waals surface area contributed by atoms with Crippen molar-refractivity contribution < 1.29 is 9.84 Å². The molecule has 0 unspecified atom stereocenters. The molecule has 0 radical (unpaired) electrons. The van der Waals surface area contributed by atoms with Crippen LogP contribution in [0.25, 0.3) is 0 Å². The highest BCUT2D eigenvalue weighted by Crippen LogP contribution is 2.21. The Balaban J connectivity index is 1.77. The number of aromatic hydroxyl groups is 1. The van der Waals surface area contributed by atoms with Crippen molar-refractivity contribution in [1.82, 2.24) is 0 Å². The smallest absolute Gasteiger partial charge is 0.115 e. The van der Waals surface area contributed by atoms with Crippen LogP contribution in [0.1, 0.15) is 31.2 Å². The van der Waals surface area contributed by atoms with Gasteiger partial charge in [-0.2, -0.15) is 0 Å². The van der Waals surface area contributed by atoms with Crippen molar-refractivity contribution in [2.75, 3.05) is 0 Å². The molecule has 0 aliphatic heterocycles. The maximum atomic E-state index is 9.15. The molecule has 3 N–H and O–H groups in total. The Bertz CT molecular complexity index is 315. The summed E-state index contributed by atoms with van der Waals surface area (Å²) in [6, 6.07) is 7.53. The lowest BCUT2D eigenvalue weighted by atomic mass is 9.94. The van der Waals surface area contributed by atoms with Gasteiger partial charge in [-0.1, -0.05) is 12.1 Å². The van der Waals surface area contributed by atoms with Crippen LogP contribution in [0.2, 0.25) is 0 Å². The molecule has 0 heterocycles. The van der Waals surface area contributed by atoms with E-state index in [1.54, 1.807) is 12.1 Å². The van der Waals surface area contributed by atoms with Gasteiger partial charge in [0.25, 0.3) is 0 Å². The van der Waals surface area contributed by atoms with E-state index in [0.29, 0.717) is 24.5 Å². The summed E-state index contributed by atoms with van der Waals surface area (Å²) in [5, 5.41) is 9.15. The summed E-state index contributed by atoms with van der Waals surface area (Å²) < 4.78 is 5.82. The van der Waals surface area contributed by atoms with E-state index in [2.05, 4.69) is 0 Å². The summed E-state index contributed by atoms with van der Waals surface area (Å²) in [7, 11) is 0. The molecule has 0 spiro atoms. The lowest BCUT2D eigenvalue weighted by molar-refractivity contribution is 0.0138. The van der Waals surface area contributed by atoms with E-state index >= 15 is 0 Å². The van der Waals surface area contributed by atoms with Crippen LogP contribution in [-0.2, 0) is 11.3 Å². The van der Waals surface area contributed by atoms with Crippen LogP contribution in [0.5, 0.6) is 5.75 Å². The van der Waals surface area contributed by atoms with Gasteiger partial charge in [0.2, 0.25) is 0 Å². The zero-order chi connectivity index (χ0) is 11.4. The number of phenols is 1. The molecule has 0 bridgehead atoms. The fraction of sp³-hybridized carbons (Fsp3) is 0.538. The van der Waals surface area contributed by atoms with Crippen LogP contribution in [0.4, 0.5) is 0 Å². The minimum atomic E-state index is 0.299. The molecular formula is C13H19NO2. The number of phenolic OH excluding ortho intramolecular Hbond substituents is 1. The first-order chi connectivity index (χ1) is 7.74. The lowest BCUT2D eigenvalue weighted by Crippen LogP contribution is -2.30. The number of hydrogen-bond acceptors (Lipinski definition) is 3. The largest absolute Gasteiger partial charge is 0.508 e. The molecule has 2 rings (SSSR count). The summed E-state index contributed by atoms with van der Waals surface area (Å²) in [6.45, 7) is 0.625. The third-order valence-corrected chi connectivity index (χ3v) is 3.14. The van der Waals surface area contributed by atoms with Crippen LogP contribution >= 0.6 is 0 Å². The molecule has 1 aliphatic rings. The molecular weight excluding hydrogens is 202 g/mol. The maximum Gasteiger partial charge on any atom is 0.115 e. The van der Waals surface area contributed by atoms with Gasteiger partial charge < -0.3 is 15.6 Å². The molecule has 16 heavy (non-hydrogen) atoms. The third kappa shape index (κ3) is 3.22. The van der Waals surface area contributed by atoms with Gasteiger partial charge >= 0.3 is 0 Å². The summed E-state index contributed by atoms with van der Waals surface area (Å²) >= 11 is 0. The Morgan fingerprint density at radius 3 is 2.38 bits per heavy atom. The molecule has 1 aromatic carbocycles. The summed E-state index contributed by atoms with van der Waals surface area (Å²) in [4.78, 5) is 0. The average Bonchev–Trinajstić information content (AvgIpc) is 2.30. The normalized spacial score (nSPS) is 25.6. The van der Waals surface area contributed by atoms with E-state index in [1.807, 2.05) is 12.1 Å². The molecule has 0 atom stereocenters. The first kappa shape index (κ1) is 11.4. The molecule has 3 heteroatoms. The first-order valence-electron chi connectivity index (χ1n) is 5.89. The van der Waals surface area contributed by atoms with Crippen LogP contribution in [0.3, 0.4) is 0 Å². The van der Waals surface area contributed by atoms with Crippen LogP contribution in [-0.4, -0.2) is 17.3 Å². The molecule has 88 valence electrons. The minimum Gasteiger partial charge on any atom is -0.508 e. The predicted molar refractivity (Wildman–Crippen MR) is 63.1 cm³/mol. The van der Waals surface area contributed by atoms with E-state index in [4.69, 9.17) is 15.6 Å². The maximum absolute atomic E-state index is 9.15. The van der Waals surface area contributed by atoms with Crippen molar-refractivity contribution in [3.63, 3.8) is 0 Å². The van der Waals surface area contributed by atoms with E-state index in [9.17, 15) is 0 Å². The molecule has 3 nitrogen and oxygen atoms in total.